The van der Waals surface area contributed by atoms with Gasteiger partial charge in [0.2, 0.25) is 0 Å². The monoisotopic (exact) mass is 344 g/mol. The molecule has 1 amide bonds. The Morgan fingerprint density at radius 1 is 1.42 bits per heavy atom. The smallest absolute Gasteiger partial charge is 0.265 e. The van der Waals surface area contributed by atoms with Gasteiger partial charge in [-0.2, -0.15) is 0 Å². The summed E-state index contributed by atoms with van der Waals surface area (Å²) in [5.74, 6) is 0.0672. The number of aromatic nitrogens is 1. The van der Waals surface area contributed by atoms with E-state index in [2.05, 4.69) is 11.9 Å². The summed E-state index contributed by atoms with van der Waals surface area (Å²) in [6.07, 6.45) is 5.69. The third-order valence-corrected chi connectivity index (χ3v) is 5.59. The maximum atomic E-state index is 12.8. The van der Waals surface area contributed by atoms with Crippen LogP contribution in [0.1, 0.15) is 59.0 Å². The molecule has 128 valence electrons. The van der Waals surface area contributed by atoms with Crippen LogP contribution >= 0.6 is 11.3 Å². The molecule has 3 rings (SSSR count). The van der Waals surface area contributed by atoms with E-state index in [0.29, 0.717) is 6.42 Å². The maximum absolute atomic E-state index is 12.8. The zero-order valence-corrected chi connectivity index (χ0v) is 14.8. The fourth-order valence-corrected chi connectivity index (χ4v) is 4.27. The molecule has 0 aliphatic carbocycles. The Labute approximate surface area is 147 Å². The molecule has 4 nitrogen and oxygen atoms in total. The van der Waals surface area contributed by atoms with Crippen molar-refractivity contribution in [1.29, 1.82) is 0 Å². The van der Waals surface area contributed by atoms with Crippen LogP contribution in [-0.4, -0.2) is 33.5 Å². The molecule has 5 heteroatoms. The molecule has 24 heavy (non-hydrogen) atoms. The van der Waals surface area contributed by atoms with Gasteiger partial charge in [0.25, 0.3) is 5.91 Å². The average molecular weight is 344 g/mol. The minimum absolute atomic E-state index is 0.0672. The summed E-state index contributed by atoms with van der Waals surface area (Å²) in [5, 5.41) is 11.5. The Morgan fingerprint density at radius 2 is 2.21 bits per heavy atom. The highest BCUT2D eigenvalue weighted by atomic mass is 32.1. The summed E-state index contributed by atoms with van der Waals surface area (Å²) >= 11 is 1.50. The van der Waals surface area contributed by atoms with Crippen molar-refractivity contribution in [3.8, 4) is 0 Å². The molecule has 0 saturated carbocycles. The van der Waals surface area contributed by atoms with E-state index in [1.54, 1.807) is 6.20 Å². The van der Waals surface area contributed by atoms with Crippen molar-refractivity contribution in [2.45, 2.75) is 51.2 Å². The third-order valence-electron chi connectivity index (χ3n) is 4.55. The molecule has 1 aromatic carbocycles. The molecule has 1 saturated heterocycles. The van der Waals surface area contributed by atoms with Crippen LogP contribution in [0.2, 0.25) is 0 Å². The van der Waals surface area contributed by atoms with Crippen molar-refractivity contribution in [2.24, 2.45) is 0 Å². The van der Waals surface area contributed by atoms with E-state index < -0.39 is 6.10 Å². The first-order valence-corrected chi connectivity index (χ1v) is 9.49. The predicted molar refractivity (Wildman–Crippen MR) is 96.2 cm³/mol. The van der Waals surface area contributed by atoms with E-state index in [9.17, 15) is 9.90 Å². The van der Waals surface area contributed by atoms with Gasteiger partial charge in [0.1, 0.15) is 4.88 Å². The number of aliphatic hydroxyl groups is 1. The Hall–Kier alpha value is -1.72. The van der Waals surface area contributed by atoms with E-state index in [1.165, 1.54) is 11.3 Å². The van der Waals surface area contributed by atoms with Gasteiger partial charge in [-0.1, -0.05) is 37.3 Å². The van der Waals surface area contributed by atoms with Crippen molar-refractivity contribution in [2.75, 3.05) is 6.54 Å². The van der Waals surface area contributed by atoms with Crippen LogP contribution in [0.5, 0.6) is 0 Å². The zero-order chi connectivity index (χ0) is 16.9. The molecule has 1 aromatic heterocycles. The fraction of sp³-hybridized carbons (Fsp3) is 0.474. The molecule has 1 N–H and O–H groups in total. The predicted octanol–water partition coefficient (Wildman–Crippen LogP) is 3.82. The van der Waals surface area contributed by atoms with Gasteiger partial charge in [-0.25, -0.2) is 4.98 Å². The summed E-state index contributed by atoms with van der Waals surface area (Å²) in [4.78, 5) is 19.8. The van der Waals surface area contributed by atoms with Crippen LogP contribution in [0.15, 0.2) is 36.5 Å². The van der Waals surface area contributed by atoms with Crippen molar-refractivity contribution >= 4 is 17.2 Å². The molecule has 2 heterocycles. The van der Waals surface area contributed by atoms with Crippen LogP contribution in [0.3, 0.4) is 0 Å². The van der Waals surface area contributed by atoms with Gasteiger partial charge in [-0.3, -0.25) is 4.79 Å². The molecule has 2 atom stereocenters. The first kappa shape index (κ1) is 17.1. The number of rotatable bonds is 6. The second kappa shape index (κ2) is 7.90. The second-order valence-electron chi connectivity index (χ2n) is 6.33. The van der Waals surface area contributed by atoms with Crippen LogP contribution in [-0.2, 0) is 6.42 Å². The highest BCUT2D eigenvalue weighted by Crippen LogP contribution is 2.29. The molecule has 0 bridgehead atoms. The van der Waals surface area contributed by atoms with E-state index >= 15 is 0 Å². The first-order chi connectivity index (χ1) is 11.7. The van der Waals surface area contributed by atoms with E-state index in [1.807, 2.05) is 35.2 Å². The summed E-state index contributed by atoms with van der Waals surface area (Å²) in [6, 6.07) is 9.78. The molecule has 1 fully saturated rings. The van der Waals surface area contributed by atoms with Crippen LogP contribution < -0.4 is 0 Å². The number of likely N-dealkylation sites (tertiary alicyclic amines) is 1. The number of carbonyl (C=O) groups is 1. The van der Waals surface area contributed by atoms with Crippen LogP contribution in [0.4, 0.5) is 0 Å². The maximum Gasteiger partial charge on any atom is 0.265 e. The summed E-state index contributed by atoms with van der Waals surface area (Å²) < 4.78 is 0. The standard InChI is InChI=1S/C19H24N2O2S/c1-2-7-18-20-13-17(24-18)19(23)21-11-6-10-15(21)12-16(22)14-8-4-3-5-9-14/h3-5,8-9,13,15-16,22H,2,6-7,10-12H2,1H3. The molecular formula is C19H24N2O2S. The number of nitrogens with zero attached hydrogens (tertiary/aromatic N) is 2. The molecule has 2 unspecified atom stereocenters. The molecule has 1 aliphatic rings. The normalized spacial score (nSPS) is 18.8. The number of benzene rings is 1. The molecule has 0 radical (unpaired) electrons. The number of aliphatic hydroxyl groups excluding tert-OH is 1. The van der Waals surface area contributed by atoms with Gasteiger partial charge in [0.05, 0.1) is 17.3 Å². The van der Waals surface area contributed by atoms with Gasteiger partial charge < -0.3 is 10.0 Å². The summed E-state index contributed by atoms with van der Waals surface area (Å²) in [6.45, 7) is 2.89. The van der Waals surface area contributed by atoms with Crippen LogP contribution in [0, 0.1) is 0 Å². The third kappa shape index (κ3) is 3.84. The Morgan fingerprint density at radius 3 is 2.96 bits per heavy atom. The topological polar surface area (TPSA) is 53.4 Å². The number of amides is 1. The number of aryl methyl sites for hydroxylation is 1. The Balaban J connectivity index is 1.67. The molecule has 2 aromatic rings. The van der Waals surface area contributed by atoms with Gasteiger partial charge in [-0.05, 0) is 37.7 Å². The van der Waals surface area contributed by atoms with Gasteiger partial charge >= 0.3 is 0 Å². The lowest BCUT2D eigenvalue weighted by Gasteiger charge is -2.26. The quantitative estimate of drug-likeness (QED) is 0.866. The molecular weight excluding hydrogens is 320 g/mol. The fourth-order valence-electron chi connectivity index (χ4n) is 3.30. The van der Waals surface area contributed by atoms with Gasteiger partial charge in [-0.15, -0.1) is 11.3 Å². The van der Waals surface area contributed by atoms with Crippen molar-refractivity contribution in [3.63, 3.8) is 0 Å². The summed E-state index contributed by atoms with van der Waals surface area (Å²) in [5.41, 5.74) is 0.917. The minimum Gasteiger partial charge on any atom is -0.388 e. The zero-order valence-electron chi connectivity index (χ0n) is 14.0. The van der Waals surface area contributed by atoms with E-state index in [-0.39, 0.29) is 11.9 Å². The van der Waals surface area contributed by atoms with Gasteiger partial charge in [0, 0.05) is 12.6 Å². The SMILES string of the molecule is CCCc1ncc(C(=O)N2CCCC2CC(O)c2ccccc2)s1. The largest absolute Gasteiger partial charge is 0.388 e. The lowest BCUT2D eigenvalue weighted by Crippen LogP contribution is -2.36. The van der Waals surface area contributed by atoms with Gasteiger partial charge in [0.15, 0.2) is 0 Å². The Kier molecular flexibility index (Phi) is 5.63. The number of hydrogen-bond acceptors (Lipinski definition) is 4. The number of thiazole rings is 1. The number of carbonyl (C=O) groups excluding carboxylic acids is 1. The highest BCUT2D eigenvalue weighted by Gasteiger charge is 2.32. The lowest BCUT2D eigenvalue weighted by atomic mass is 10.0. The first-order valence-electron chi connectivity index (χ1n) is 8.67. The minimum atomic E-state index is -0.526. The Bertz CT molecular complexity index is 671. The number of hydrogen-bond donors (Lipinski definition) is 1. The highest BCUT2D eigenvalue weighted by molar-refractivity contribution is 7.13. The summed E-state index contributed by atoms with van der Waals surface area (Å²) in [7, 11) is 0. The van der Waals surface area contributed by atoms with E-state index in [4.69, 9.17) is 0 Å². The molecule has 1 aliphatic heterocycles. The lowest BCUT2D eigenvalue weighted by molar-refractivity contribution is 0.0671. The van der Waals surface area contributed by atoms with Crippen LogP contribution in [0.25, 0.3) is 0 Å². The molecule has 0 spiro atoms. The second-order valence-corrected chi connectivity index (χ2v) is 7.44. The van der Waals surface area contributed by atoms with Crippen molar-refractivity contribution in [3.05, 3.63) is 52.0 Å². The van der Waals surface area contributed by atoms with Crippen molar-refractivity contribution in [1.82, 2.24) is 9.88 Å². The van der Waals surface area contributed by atoms with Crippen molar-refractivity contribution < 1.29 is 9.90 Å². The van der Waals surface area contributed by atoms with E-state index in [0.717, 1.165) is 47.7 Å². The average Bonchev–Trinajstić information content (AvgIpc) is 3.25.